The van der Waals surface area contributed by atoms with Gasteiger partial charge in [-0.15, -0.1) is 10.2 Å². The lowest BCUT2D eigenvalue weighted by Gasteiger charge is -2.18. The highest BCUT2D eigenvalue weighted by molar-refractivity contribution is 8.01. The van der Waals surface area contributed by atoms with Crippen LogP contribution >= 0.6 is 34.7 Å². The number of nitrogens with one attached hydrogen (secondary N) is 1. The van der Waals surface area contributed by atoms with Crippen molar-refractivity contribution in [1.82, 2.24) is 15.1 Å². The minimum absolute atomic E-state index is 0.0888. The number of carbonyl (C=O) groups excluding carboxylic acids is 1. The number of benzene rings is 2. The first-order chi connectivity index (χ1) is 13.9. The van der Waals surface area contributed by atoms with E-state index in [1.165, 1.54) is 52.3 Å². The number of halogens is 3. The normalized spacial score (nSPS) is 10.8. The number of amides is 1. The second kappa shape index (κ2) is 10.00. The molecule has 3 rings (SSSR count). The van der Waals surface area contributed by atoms with E-state index < -0.39 is 5.82 Å². The Morgan fingerprint density at radius 1 is 1.21 bits per heavy atom. The van der Waals surface area contributed by atoms with E-state index in [1.807, 2.05) is 0 Å². The van der Waals surface area contributed by atoms with Crippen LogP contribution in [0.3, 0.4) is 0 Å². The third-order valence-corrected chi connectivity index (χ3v) is 6.32. The Hall–Kier alpha value is -2.23. The summed E-state index contributed by atoms with van der Waals surface area (Å²) in [5.74, 6) is -0.749. The lowest BCUT2D eigenvalue weighted by Crippen LogP contribution is -2.28. The van der Waals surface area contributed by atoms with Crippen LogP contribution < -0.4 is 5.32 Å². The molecule has 0 radical (unpaired) electrons. The molecule has 0 unspecified atom stereocenters. The van der Waals surface area contributed by atoms with Gasteiger partial charge in [-0.3, -0.25) is 4.79 Å². The molecule has 2 aromatic carbocycles. The fraction of sp³-hybridized carbons (Fsp3) is 0.211. The molecule has 1 aromatic heterocycles. The number of aromatic nitrogens is 2. The van der Waals surface area contributed by atoms with Gasteiger partial charge in [0.25, 0.3) is 0 Å². The number of anilines is 1. The lowest BCUT2D eigenvalue weighted by molar-refractivity contribution is -0.127. The van der Waals surface area contributed by atoms with E-state index in [0.29, 0.717) is 26.6 Å². The van der Waals surface area contributed by atoms with E-state index in [1.54, 1.807) is 25.2 Å². The summed E-state index contributed by atoms with van der Waals surface area (Å²) in [6, 6.07) is 10.6. The molecule has 10 heteroatoms. The van der Waals surface area contributed by atoms with Crippen LogP contribution in [0.2, 0.25) is 5.02 Å². The lowest BCUT2D eigenvalue weighted by atomic mass is 10.2. The molecule has 0 bridgehead atoms. The molecule has 152 valence electrons. The van der Waals surface area contributed by atoms with E-state index in [9.17, 15) is 13.6 Å². The Morgan fingerprint density at radius 3 is 2.69 bits per heavy atom. The summed E-state index contributed by atoms with van der Waals surface area (Å²) in [5, 5.41) is 12.1. The van der Waals surface area contributed by atoms with Crippen molar-refractivity contribution in [3.8, 4) is 0 Å². The van der Waals surface area contributed by atoms with Crippen LogP contribution in [0.25, 0.3) is 0 Å². The molecule has 1 N–H and O–H groups in total. The molecule has 0 aliphatic rings. The van der Waals surface area contributed by atoms with Crippen molar-refractivity contribution in [1.29, 1.82) is 0 Å². The Bertz CT molecular complexity index is 964. The monoisotopic (exact) mass is 454 g/mol. The van der Waals surface area contributed by atoms with Crippen molar-refractivity contribution in [3.63, 3.8) is 0 Å². The fourth-order valence-electron chi connectivity index (χ4n) is 2.36. The summed E-state index contributed by atoms with van der Waals surface area (Å²) in [7, 11) is 1.60. The van der Waals surface area contributed by atoms with Gasteiger partial charge in [0.15, 0.2) is 4.34 Å². The standard InChI is InChI=1S/C19H17ClF2N4OS2/c1-26(10-14-15(20)3-2-4-16(14)22)17(27)11-28-19-25-24-18(29-19)23-9-12-5-7-13(21)8-6-12/h2-8H,9-11H2,1H3,(H,23,24). The highest BCUT2D eigenvalue weighted by atomic mass is 35.5. The van der Waals surface area contributed by atoms with Crippen LogP contribution in [-0.2, 0) is 17.9 Å². The highest BCUT2D eigenvalue weighted by Gasteiger charge is 2.15. The third kappa shape index (κ3) is 6.12. The minimum atomic E-state index is -0.439. The summed E-state index contributed by atoms with van der Waals surface area (Å²) in [6.45, 7) is 0.580. The molecule has 1 heterocycles. The summed E-state index contributed by atoms with van der Waals surface area (Å²) < 4.78 is 27.4. The summed E-state index contributed by atoms with van der Waals surface area (Å²) >= 11 is 8.59. The summed E-state index contributed by atoms with van der Waals surface area (Å²) in [4.78, 5) is 13.8. The maximum atomic E-state index is 13.9. The molecule has 0 saturated heterocycles. The molecule has 5 nitrogen and oxygen atoms in total. The van der Waals surface area contributed by atoms with Gasteiger partial charge in [0.05, 0.1) is 5.75 Å². The number of carbonyl (C=O) groups is 1. The van der Waals surface area contributed by atoms with Crippen molar-refractivity contribution >= 4 is 45.7 Å². The van der Waals surface area contributed by atoms with Gasteiger partial charge >= 0.3 is 0 Å². The average molecular weight is 455 g/mol. The van der Waals surface area contributed by atoms with Crippen molar-refractivity contribution in [2.75, 3.05) is 18.1 Å². The van der Waals surface area contributed by atoms with E-state index in [4.69, 9.17) is 11.6 Å². The van der Waals surface area contributed by atoms with Crippen LogP contribution in [0.1, 0.15) is 11.1 Å². The maximum Gasteiger partial charge on any atom is 0.233 e. The van der Waals surface area contributed by atoms with Crippen LogP contribution in [0.5, 0.6) is 0 Å². The maximum absolute atomic E-state index is 13.9. The molecule has 1 amide bonds. The second-order valence-corrected chi connectivity index (χ2v) is 8.70. The van der Waals surface area contributed by atoms with Gasteiger partial charge in [-0.1, -0.05) is 52.9 Å². The largest absolute Gasteiger partial charge is 0.356 e. The van der Waals surface area contributed by atoms with Gasteiger partial charge in [0, 0.05) is 30.7 Å². The molecular weight excluding hydrogens is 438 g/mol. The van der Waals surface area contributed by atoms with Gasteiger partial charge in [0.2, 0.25) is 11.0 Å². The Balaban J connectivity index is 1.48. The zero-order chi connectivity index (χ0) is 20.8. The van der Waals surface area contributed by atoms with Crippen LogP contribution in [-0.4, -0.2) is 33.8 Å². The number of nitrogens with zero attached hydrogens (tertiary/aromatic N) is 3. The molecule has 0 saturated carbocycles. The van der Waals surface area contributed by atoms with E-state index in [-0.39, 0.29) is 24.0 Å². The van der Waals surface area contributed by atoms with Crippen molar-refractivity contribution < 1.29 is 13.6 Å². The van der Waals surface area contributed by atoms with Crippen LogP contribution in [0, 0.1) is 11.6 Å². The summed E-state index contributed by atoms with van der Waals surface area (Å²) in [5.41, 5.74) is 1.21. The van der Waals surface area contributed by atoms with E-state index in [0.717, 1.165) is 5.56 Å². The minimum Gasteiger partial charge on any atom is -0.356 e. The Morgan fingerprint density at radius 2 is 1.97 bits per heavy atom. The van der Waals surface area contributed by atoms with Gasteiger partial charge in [-0.25, -0.2) is 8.78 Å². The van der Waals surface area contributed by atoms with Crippen molar-refractivity contribution in [2.24, 2.45) is 0 Å². The highest BCUT2D eigenvalue weighted by Crippen LogP contribution is 2.26. The zero-order valence-corrected chi connectivity index (χ0v) is 17.8. The van der Waals surface area contributed by atoms with E-state index >= 15 is 0 Å². The molecule has 0 aliphatic heterocycles. The van der Waals surface area contributed by atoms with Gasteiger partial charge < -0.3 is 10.2 Å². The number of hydrogen-bond donors (Lipinski definition) is 1. The molecule has 0 aliphatic carbocycles. The molecule has 0 atom stereocenters. The second-order valence-electron chi connectivity index (χ2n) is 6.09. The molecule has 0 fully saturated rings. The molecule has 29 heavy (non-hydrogen) atoms. The van der Waals surface area contributed by atoms with Gasteiger partial charge in [-0.05, 0) is 29.8 Å². The predicted molar refractivity (Wildman–Crippen MR) is 112 cm³/mol. The predicted octanol–water partition coefficient (Wildman–Crippen LogP) is 4.83. The fourth-order valence-corrected chi connectivity index (χ4v) is 4.27. The number of rotatable bonds is 8. The Labute approximate surface area is 180 Å². The topological polar surface area (TPSA) is 58.1 Å². The van der Waals surface area contributed by atoms with Crippen molar-refractivity contribution in [2.45, 2.75) is 17.4 Å². The number of thioether (sulfide) groups is 1. The Kier molecular flexibility index (Phi) is 7.40. The van der Waals surface area contributed by atoms with Crippen molar-refractivity contribution in [3.05, 3.63) is 70.2 Å². The first-order valence-corrected chi connectivity index (χ1v) is 10.7. The van der Waals surface area contributed by atoms with Crippen LogP contribution in [0.4, 0.5) is 13.9 Å². The van der Waals surface area contributed by atoms with Gasteiger partial charge in [0.1, 0.15) is 11.6 Å². The summed E-state index contributed by atoms with van der Waals surface area (Å²) in [6.07, 6.45) is 0. The smallest absolute Gasteiger partial charge is 0.233 e. The first kappa shape index (κ1) is 21.5. The molecule has 0 spiro atoms. The van der Waals surface area contributed by atoms with Crippen LogP contribution in [0.15, 0.2) is 46.8 Å². The molecular formula is C19H17ClF2N4OS2. The van der Waals surface area contributed by atoms with Gasteiger partial charge in [-0.2, -0.15) is 0 Å². The zero-order valence-electron chi connectivity index (χ0n) is 15.4. The molecule has 3 aromatic rings. The SMILES string of the molecule is CN(Cc1c(F)cccc1Cl)C(=O)CSc1nnc(NCc2ccc(F)cc2)s1. The quantitative estimate of drug-likeness (QED) is 0.494. The first-order valence-electron chi connectivity index (χ1n) is 8.54. The van der Waals surface area contributed by atoms with E-state index in [2.05, 4.69) is 15.5 Å². The average Bonchev–Trinajstić information content (AvgIpc) is 3.16. The number of hydrogen-bond acceptors (Lipinski definition) is 6. The third-order valence-electron chi connectivity index (χ3n) is 3.97.